The summed E-state index contributed by atoms with van der Waals surface area (Å²) in [6.45, 7) is 1.39. The van der Waals surface area contributed by atoms with Crippen molar-refractivity contribution < 1.29 is 22.7 Å². The summed E-state index contributed by atoms with van der Waals surface area (Å²) in [5.74, 6) is -0.273. The van der Waals surface area contributed by atoms with E-state index in [9.17, 15) is 18.0 Å². The van der Waals surface area contributed by atoms with E-state index in [0.717, 1.165) is 25.7 Å². The number of carbonyl (C=O) groups excluding carboxylic acids is 2. The van der Waals surface area contributed by atoms with Crippen LogP contribution in [0.1, 0.15) is 44.9 Å². The largest absolute Gasteiger partial charge is 0.379 e. The Hall–Kier alpha value is -1.97. The first-order valence-corrected chi connectivity index (χ1v) is 12.1. The summed E-state index contributed by atoms with van der Waals surface area (Å²) in [7, 11) is -3.64. The van der Waals surface area contributed by atoms with Gasteiger partial charge in [-0.25, -0.2) is 8.42 Å². The summed E-state index contributed by atoms with van der Waals surface area (Å²) in [5.41, 5.74) is -0.291. The molecular weight excluding hydrogens is 406 g/mol. The molecule has 4 rings (SSSR count). The predicted molar refractivity (Wildman–Crippen MR) is 111 cm³/mol. The fourth-order valence-electron chi connectivity index (χ4n) is 4.28. The number of ether oxygens (including phenoxy) is 1. The van der Waals surface area contributed by atoms with E-state index in [1.165, 1.54) is 16.4 Å². The molecule has 0 atom stereocenters. The number of sulfonamides is 1. The maximum atomic E-state index is 13.2. The summed E-state index contributed by atoms with van der Waals surface area (Å²) < 4.78 is 32.4. The highest BCUT2D eigenvalue weighted by atomic mass is 32.2. The van der Waals surface area contributed by atoms with Gasteiger partial charge in [-0.1, -0.05) is 18.9 Å². The third-order valence-electron chi connectivity index (χ3n) is 6.18. The Balaban J connectivity index is 1.48. The second kappa shape index (κ2) is 8.64. The van der Waals surface area contributed by atoms with Crippen LogP contribution in [0.3, 0.4) is 0 Å². The fourth-order valence-corrected chi connectivity index (χ4v) is 5.74. The van der Waals surface area contributed by atoms with E-state index in [0.29, 0.717) is 44.8 Å². The number of anilines is 1. The second-order valence-electron chi connectivity index (χ2n) is 8.50. The average Bonchev–Trinajstić information content (AvgIpc) is 3.42. The minimum atomic E-state index is -3.64. The lowest BCUT2D eigenvalue weighted by atomic mass is 9.81. The fraction of sp³-hybridized carbons (Fsp3) is 0.619. The molecule has 2 aliphatic carbocycles. The van der Waals surface area contributed by atoms with Gasteiger partial charge in [-0.05, 0) is 43.9 Å². The summed E-state index contributed by atoms with van der Waals surface area (Å²) >= 11 is 0. The molecule has 0 aromatic heterocycles. The lowest BCUT2D eigenvalue weighted by molar-refractivity contribution is -0.132. The highest BCUT2D eigenvalue weighted by molar-refractivity contribution is 7.89. The second-order valence-corrected chi connectivity index (χ2v) is 10.4. The van der Waals surface area contributed by atoms with Crippen LogP contribution in [0.5, 0.6) is 0 Å². The molecule has 8 nitrogen and oxygen atoms in total. The molecule has 30 heavy (non-hydrogen) atoms. The number of rotatable bonds is 7. The van der Waals surface area contributed by atoms with Crippen LogP contribution < -0.4 is 10.6 Å². The molecule has 0 radical (unpaired) electrons. The van der Waals surface area contributed by atoms with E-state index >= 15 is 0 Å². The minimum Gasteiger partial charge on any atom is -0.379 e. The molecule has 1 aliphatic heterocycles. The molecule has 2 amide bonds. The van der Waals surface area contributed by atoms with Gasteiger partial charge in [0.05, 0.1) is 23.5 Å². The number of hydrogen-bond donors (Lipinski definition) is 2. The van der Waals surface area contributed by atoms with E-state index in [1.54, 1.807) is 12.1 Å². The maximum absolute atomic E-state index is 13.2. The van der Waals surface area contributed by atoms with Crippen LogP contribution in [0, 0.1) is 5.41 Å². The molecule has 1 heterocycles. The van der Waals surface area contributed by atoms with Crippen molar-refractivity contribution >= 4 is 27.5 Å². The third-order valence-corrected chi connectivity index (χ3v) is 8.08. The minimum absolute atomic E-state index is 0.0711. The summed E-state index contributed by atoms with van der Waals surface area (Å²) in [5, 5.41) is 5.86. The van der Waals surface area contributed by atoms with Crippen molar-refractivity contribution in [3.63, 3.8) is 0 Å². The first kappa shape index (κ1) is 21.3. The van der Waals surface area contributed by atoms with Crippen molar-refractivity contribution in [2.75, 3.05) is 31.6 Å². The maximum Gasteiger partial charge on any atom is 0.243 e. The van der Waals surface area contributed by atoms with Gasteiger partial charge in [0.1, 0.15) is 0 Å². The zero-order valence-corrected chi connectivity index (χ0v) is 17.9. The Morgan fingerprint density at radius 1 is 1.13 bits per heavy atom. The SMILES string of the molecule is O=C(CC1(C(=O)Nc2cccc(S(=O)(=O)N3CCOCC3)c2)CCCC1)NC1CC1. The van der Waals surface area contributed by atoms with Gasteiger partial charge in [0.25, 0.3) is 0 Å². The molecule has 2 N–H and O–H groups in total. The Kier molecular flexibility index (Phi) is 6.13. The van der Waals surface area contributed by atoms with Gasteiger partial charge in [0, 0.05) is 31.2 Å². The molecule has 1 saturated heterocycles. The average molecular weight is 436 g/mol. The van der Waals surface area contributed by atoms with Crippen LogP contribution in [-0.4, -0.2) is 56.9 Å². The molecule has 3 aliphatic rings. The van der Waals surface area contributed by atoms with Crippen molar-refractivity contribution in [1.82, 2.24) is 9.62 Å². The molecule has 1 aromatic carbocycles. The number of nitrogens with zero attached hydrogens (tertiary/aromatic N) is 1. The van der Waals surface area contributed by atoms with Gasteiger partial charge in [0.15, 0.2) is 0 Å². The van der Waals surface area contributed by atoms with Gasteiger partial charge < -0.3 is 15.4 Å². The van der Waals surface area contributed by atoms with E-state index in [4.69, 9.17) is 4.74 Å². The first-order valence-electron chi connectivity index (χ1n) is 10.7. The normalized spacial score (nSPS) is 21.9. The first-order chi connectivity index (χ1) is 14.4. The van der Waals surface area contributed by atoms with Gasteiger partial charge in [-0.2, -0.15) is 4.31 Å². The van der Waals surface area contributed by atoms with Crippen molar-refractivity contribution in [2.24, 2.45) is 5.41 Å². The van der Waals surface area contributed by atoms with E-state index in [1.807, 2.05) is 0 Å². The zero-order chi connectivity index (χ0) is 21.2. The molecule has 3 fully saturated rings. The number of hydrogen-bond acceptors (Lipinski definition) is 5. The van der Waals surface area contributed by atoms with E-state index in [2.05, 4.69) is 10.6 Å². The van der Waals surface area contributed by atoms with Crippen molar-refractivity contribution in [1.29, 1.82) is 0 Å². The Morgan fingerprint density at radius 3 is 2.50 bits per heavy atom. The van der Waals surface area contributed by atoms with Crippen LogP contribution in [0.2, 0.25) is 0 Å². The molecule has 0 spiro atoms. The van der Waals surface area contributed by atoms with Crippen molar-refractivity contribution in [3.05, 3.63) is 24.3 Å². The molecular formula is C21H29N3O5S. The Morgan fingerprint density at radius 2 is 1.83 bits per heavy atom. The molecule has 9 heteroatoms. The quantitative estimate of drug-likeness (QED) is 0.680. The third kappa shape index (κ3) is 4.68. The monoisotopic (exact) mass is 435 g/mol. The Labute approximate surface area is 177 Å². The smallest absolute Gasteiger partial charge is 0.243 e. The lowest BCUT2D eigenvalue weighted by Gasteiger charge is -2.28. The number of morpholine rings is 1. The number of carbonyl (C=O) groups is 2. The number of nitrogens with one attached hydrogen (secondary N) is 2. The molecule has 0 unspecified atom stereocenters. The highest BCUT2D eigenvalue weighted by Crippen LogP contribution is 2.42. The van der Waals surface area contributed by atoms with Crippen LogP contribution in [0.25, 0.3) is 0 Å². The topological polar surface area (TPSA) is 105 Å². The Bertz CT molecular complexity index is 901. The standard InChI is InChI=1S/C21H29N3O5S/c25-19(22-16-6-7-16)15-21(8-1-2-9-21)20(26)23-17-4-3-5-18(14-17)30(27,28)24-10-12-29-13-11-24/h3-5,14,16H,1-2,6-13,15H2,(H,22,25)(H,23,26). The van der Waals surface area contributed by atoms with Crippen LogP contribution in [0.15, 0.2) is 29.2 Å². The lowest BCUT2D eigenvalue weighted by Crippen LogP contribution is -2.40. The molecule has 2 saturated carbocycles. The zero-order valence-electron chi connectivity index (χ0n) is 17.1. The van der Waals surface area contributed by atoms with Crippen LogP contribution >= 0.6 is 0 Å². The summed E-state index contributed by atoms with van der Waals surface area (Å²) in [6, 6.07) is 6.61. The summed E-state index contributed by atoms with van der Waals surface area (Å²) in [6.07, 6.45) is 5.36. The van der Waals surface area contributed by atoms with E-state index < -0.39 is 15.4 Å². The van der Waals surface area contributed by atoms with Crippen molar-refractivity contribution in [2.45, 2.75) is 55.9 Å². The molecule has 1 aromatic rings. The molecule has 164 valence electrons. The van der Waals surface area contributed by atoms with Gasteiger partial charge in [-0.15, -0.1) is 0 Å². The van der Waals surface area contributed by atoms with Crippen molar-refractivity contribution in [3.8, 4) is 0 Å². The predicted octanol–water partition coefficient (Wildman–Crippen LogP) is 1.88. The van der Waals surface area contributed by atoms with Crippen LogP contribution in [0.4, 0.5) is 5.69 Å². The number of benzene rings is 1. The van der Waals surface area contributed by atoms with Crippen LogP contribution in [-0.2, 0) is 24.3 Å². The molecule has 0 bridgehead atoms. The highest BCUT2D eigenvalue weighted by Gasteiger charge is 2.43. The van der Waals surface area contributed by atoms with Gasteiger partial charge in [0.2, 0.25) is 21.8 Å². The van der Waals surface area contributed by atoms with Gasteiger partial charge in [-0.3, -0.25) is 9.59 Å². The van der Waals surface area contributed by atoms with Gasteiger partial charge >= 0.3 is 0 Å². The summed E-state index contributed by atoms with van der Waals surface area (Å²) in [4.78, 5) is 25.7. The van der Waals surface area contributed by atoms with E-state index in [-0.39, 0.29) is 29.2 Å². The number of amides is 2.